The van der Waals surface area contributed by atoms with Gasteiger partial charge in [0.15, 0.2) is 11.5 Å². The van der Waals surface area contributed by atoms with Crippen molar-refractivity contribution in [2.75, 3.05) is 14.2 Å². The van der Waals surface area contributed by atoms with E-state index in [2.05, 4.69) is 54.4 Å². The predicted octanol–water partition coefficient (Wildman–Crippen LogP) is 6.14. The molecule has 3 rings (SSSR count). The van der Waals surface area contributed by atoms with Crippen molar-refractivity contribution in [1.29, 1.82) is 5.26 Å². The summed E-state index contributed by atoms with van der Waals surface area (Å²) in [6.07, 6.45) is 4.96. The van der Waals surface area contributed by atoms with Crippen LogP contribution in [0.4, 0.5) is 5.00 Å². The molecule has 1 aliphatic rings. The Morgan fingerprint density at radius 3 is 2.64 bits per heavy atom. The third kappa shape index (κ3) is 4.20. The molecule has 0 unspecified atom stereocenters. The molecule has 1 atom stereocenters. The van der Waals surface area contributed by atoms with Crippen LogP contribution >= 0.6 is 33.9 Å². The summed E-state index contributed by atoms with van der Waals surface area (Å²) in [7, 11) is 3.26. The SMILES string of the molecule is COc1cc(C=Nc2sc3c(c2C#N)CC[C@@H](C(C)(C)C)C3)cc(I)c1OC. The quantitative estimate of drug-likeness (QED) is 0.368. The van der Waals surface area contributed by atoms with Crippen molar-refractivity contribution in [2.24, 2.45) is 16.3 Å². The number of methoxy groups -OCH3 is 2. The first-order valence-electron chi connectivity index (χ1n) is 9.28. The van der Waals surface area contributed by atoms with E-state index in [4.69, 9.17) is 9.47 Å². The van der Waals surface area contributed by atoms with E-state index in [9.17, 15) is 5.26 Å². The van der Waals surface area contributed by atoms with Gasteiger partial charge in [-0.05, 0) is 76.4 Å². The summed E-state index contributed by atoms with van der Waals surface area (Å²) in [4.78, 5) is 6.01. The van der Waals surface area contributed by atoms with E-state index in [-0.39, 0.29) is 5.41 Å². The van der Waals surface area contributed by atoms with E-state index < -0.39 is 0 Å². The lowest BCUT2D eigenvalue weighted by molar-refractivity contribution is 0.218. The maximum absolute atomic E-state index is 9.73. The Labute approximate surface area is 184 Å². The molecular formula is C22H25IN2O2S. The Morgan fingerprint density at radius 1 is 1.29 bits per heavy atom. The van der Waals surface area contributed by atoms with Crippen molar-refractivity contribution in [1.82, 2.24) is 0 Å². The molecule has 0 fully saturated rings. The maximum atomic E-state index is 9.73. The largest absolute Gasteiger partial charge is 0.493 e. The van der Waals surface area contributed by atoms with E-state index >= 15 is 0 Å². The Morgan fingerprint density at radius 2 is 2.04 bits per heavy atom. The molecule has 1 aliphatic carbocycles. The van der Waals surface area contributed by atoms with Gasteiger partial charge in [0.2, 0.25) is 0 Å². The van der Waals surface area contributed by atoms with Crippen LogP contribution in [0.3, 0.4) is 0 Å². The van der Waals surface area contributed by atoms with Gasteiger partial charge >= 0.3 is 0 Å². The predicted molar refractivity (Wildman–Crippen MR) is 124 cm³/mol. The highest BCUT2D eigenvalue weighted by atomic mass is 127. The second-order valence-electron chi connectivity index (χ2n) is 8.10. The second kappa shape index (κ2) is 8.42. The molecule has 0 saturated heterocycles. The van der Waals surface area contributed by atoms with Crippen molar-refractivity contribution in [3.63, 3.8) is 0 Å². The molecule has 4 nitrogen and oxygen atoms in total. The number of nitrogens with zero attached hydrogens (tertiary/aromatic N) is 2. The van der Waals surface area contributed by atoms with Gasteiger partial charge in [-0.25, -0.2) is 4.99 Å². The molecule has 6 heteroatoms. The Bertz CT molecular complexity index is 951. The number of aliphatic imine (C=N–C) groups is 1. The minimum Gasteiger partial charge on any atom is -0.493 e. The molecule has 2 aromatic rings. The Balaban J connectivity index is 1.93. The van der Waals surface area contributed by atoms with Gasteiger partial charge in [0.25, 0.3) is 0 Å². The second-order valence-corrected chi connectivity index (χ2v) is 10.3. The molecule has 0 N–H and O–H groups in total. The van der Waals surface area contributed by atoms with Gasteiger partial charge in [-0.1, -0.05) is 20.8 Å². The lowest BCUT2D eigenvalue weighted by Gasteiger charge is -2.33. The first kappa shape index (κ1) is 21.1. The molecular weight excluding hydrogens is 483 g/mol. The van der Waals surface area contributed by atoms with Gasteiger partial charge in [0, 0.05) is 11.1 Å². The summed E-state index contributed by atoms with van der Waals surface area (Å²) in [6, 6.07) is 6.30. The minimum absolute atomic E-state index is 0.286. The van der Waals surface area contributed by atoms with E-state index in [1.165, 1.54) is 10.4 Å². The number of halogens is 1. The van der Waals surface area contributed by atoms with E-state index in [1.807, 2.05) is 18.3 Å². The summed E-state index contributed by atoms with van der Waals surface area (Å²) in [5, 5.41) is 10.5. The van der Waals surface area contributed by atoms with Gasteiger partial charge in [-0.2, -0.15) is 5.26 Å². The summed E-state index contributed by atoms with van der Waals surface area (Å²) in [5.74, 6) is 2.04. The summed E-state index contributed by atoms with van der Waals surface area (Å²) in [6.45, 7) is 6.91. The van der Waals surface area contributed by atoms with E-state index in [0.29, 0.717) is 11.7 Å². The van der Waals surface area contributed by atoms with Crippen LogP contribution in [0.1, 0.15) is 48.8 Å². The molecule has 1 aromatic carbocycles. The first-order valence-corrected chi connectivity index (χ1v) is 11.2. The molecule has 0 radical (unpaired) electrons. The lowest BCUT2D eigenvalue weighted by atomic mass is 9.72. The summed E-state index contributed by atoms with van der Waals surface area (Å²) in [5.41, 5.74) is 3.17. The number of rotatable bonds is 4. The number of fused-ring (bicyclic) bond motifs is 1. The maximum Gasteiger partial charge on any atom is 0.174 e. The van der Waals surface area contributed by atoms with Gasteiger partial charge in [-0.15, -0.1) is 11.3 Å². The highest BCUT2D eigenvalue weighted by molar-refractivity contribution is 14.1. The highest BCUT2D eigenvalue weighted by Crippen LogP contribution is 2.45. The fraction of sp³-hybridized carbons (Fsp3) is 0.455. The van der Waals surface area contributed by atoms with Crippen LogP contribution in [0, 0.1) is 26.2 Å². The van der Waals surface area contributed by atoms with Gasteiger partial charge in [0.05, 0.1) is 23.4 Å². The zero-order chi connectivity index (χ0) is 20.5. The Hall–Kier alpha value is -1.59. The third-order valence-electron chi connectivity index (χ3n) is 5.37. The lowest BCUT2D eigenvalue weighted by Crippen LogP contribution is -2.26. The van der Waals surface area contributed by atoms with E-state index in [0.717, 1.165) is 44.7 Å². The average Bonchev–Trinajstić information content (AvgIpc) is 3.01. The summed E-state index contributed by atoms with van der Waals surface area (Å²) >= 11 is 3.90. The fourth-order valence-corrected chi connectivity index (χ4v) is 5.73. The molecule has 0 aliphatic heterocycles. The number of hydrogen-bond acceptors (Lipinski definition) is 5. The van der Waals surface area contributed by atoms with Crippen LogP contribution in [0.5, 0.6) is 11.5 Å². The van der Waals surface area contributed by atoms with Crippen LogP contribution < -0.4 is 9.47 Å². The standard InChI is InChI=1S/C22H25IN2O2S/c1-22(2,3)14-6-7-15-16(11-24)21(28-19(15)10-14)25-12-13-8-17(23)20(27-5)18(9-13)26-4/h8-9,12,14H,6-7,10H2,1-5H3/t14-/m1/s1. The zero-order valence-electron chi connectivity index (χ0n) is 16.9. The van der Waals surface area contributed by atoms with Crippen molar-refractivity contribution in [3.8, 4) is 17.6 Å². The van der Waals surface area contributed by atoms with Gasteiger partial charge in [0.1, 0.15) is 11.1 Å². The number of hydrogen-bond donors (Lipinski definition) is 0. The molecule has 148 valence electrons. The molecule has 0 saturated carbocycles. The Kier molecular flexibility index (Phi) is 6.35. The highest BCUT2D eigenvalue weighted by Gasteiger charge is 2.32. The topological polar surface area (TPSA) is 54.6 Å². The summed E-state index contributed by atoms with van der Waals surface area (Å²) < 4.78 is 11.8. The van der Waals surface area contributed by atoms with Crippen LogP contribution in [0.15, 0.2) is 17.1 Å². The van der Waals surface area contributed by atoms with Crippen LogP contribution in [0.25, 0.3) is 0 Å². The number of ether oxygens (including phenoxy) is 2. The fourth-order valence-electron chi connectivity index (χ4n) is 3.66. The van der Waals surface area contributed by atoms with Crippen LogP contribution in [-0.4, -0.2) is 20.4 Å². The van der Waals surface area contributed by atoms with Gasteiger partial charge in [-0.3, -0.25) is 0 Å². The van der Waals surface area contributed by atoms with Crippen LogP contribution in [-0.2, 0) is 12.8 Å². The molecule has 1 aromatic heterocycles. The molecule has 0 amide bonds. The average molecular weight is 508 g/mol. The minimum atomic E-state index is 0.286. The molecule has 0 bridgehead atoms. The van der Waals surface area contributed by atoms with Crippen molar-refractivity contribution in [3.05, 3.63) is 37.3 Å². The van der Waals surface area contributed by atoms with Gasteiger partial charge < -0.3 is 9.47 Å². The number of thiophene rings is 1. The van der Waals surface area contributed by atoms with E-state index in [1.54, 1.807) is 25.6 Å². The molecule has 28 heavy (non-hydrogen) atoms. The molecule has 0 spiro atoms. The molecule has 1 heterocycles. The van der Waals surface area contributed by atoms with Crippen LogP contribution in [0.2, 0.25) is 0 Å². The first-order chi connectivity index (χ1) is 13.3. The van der Waals surface area contributed by atoms with Crippen molar-refractivity contribution in [2.45, 2.75) is 40.0 Å². The monoisotopic (exact) mass is 508 g/mol. The number of benzene rings is 1. The van der Waals surface area contributed by atoms with Crippen molar-refractivity contribution < 1.29 is 9.47 Å². The third-order valence-corrected chi connectivity index (χ3v) is 7.33. The smallest absolute Gasteiger partial charge is 0.174 e. The zero-order valence-corrected chi connectivity index (χ0v) is 19.9. The number of nitriles is 1. The van der Waals surface area contributed by atoms with Crippen molar-refractivity contribution >= 4 is 45.1 Å². The normalized spacial score (nSPS) is 16.7.